The Labute approximate surface area is 150 Å². The fraction of sp³-hybridized carbons (Fsp3) is 0.250. The van der Waals surface area contributed by atoms with E-state index in [1.807, 2.05) is 19.1 Å². The molecule has 2 aromatic carbocycles. The van der Waals surface area contributed by atoms with E-state index in [2.05, 4.69) is 5.32 Å². The largest absolute Gasteiger partial charge is 0.480 e. The van der Waals surface area contributed by atoms with Crippen molar-refractivity contribution in [2.75, 3.05) is 0 Å². The summed E-state index contributed by atoms with van der Waals surface area (Å²) >= 11 is 0. The van der Waals surface area contributed by atoms with E-state index in [9.17, 15) is 19.5 Å². The number of carboxylic acids is 1. The van der Waals surface area contributed by atoms with Crippen LogP contribution in [0.25, 0.3) is 21.8 Å². The monoisotopic (exact) mass is 352 g/mol. The lowest BCUT2D eigenvalue weighted by molar-refractivity contribution is -0.142. The number of para-hydroxylation sites is 2. The molecule has 0 fully saturated rings. The predicted molar refractivity (Wildman–Crippen MR) is 100 cm³/mol. The van der Waals surface area contributed by atoms with Crippen LogP contribution in [0.3, 0.4) is 0 Å². The van der Waals surface area contributed by atoms with Gasteiger partial charge in [-0.05, 0) is 30.7 Å². The average Bonchev–Trinajstić information content (AvgIpc) is 2.64. The lowest BCUT2D eigenvalue weighted by Crippen LogP contribution is -2.42. The van der Waals surface area contributed by atoms with Gasteiger partial charge in [-0.15, -0.1) is 0 Å². The number of aromatic nitrogens is 1. The number of aliphatic carboxylic acids is 1. The summed E-state index contributed by atoms with van der Waals surface area (Å²) in [6.07, 6.45) is 1.02. The van der Waals surface area contributed by atoms with Gasteiger partial charge in [-0.3, -0.25) is 9.59 Å². The van der Waals surface area contributed by atoms with E-state index in [-0.39, 0.29) is 12.0 Å². The molecule has 0 aliphatic heterocycles. The highest BCUT2D eigenvalue weighted by molar-refractivity contribution is 5.95. The highest BCUT2D eigenvalue weighted by Crippen LogP contribution is 2.19. The highest BCUT2D eigenvalue weighted by Gasteiger charge is 2.20. The Hall–Kier alpha value is -3.15. The van der Waals surface area contributed by atoms with Gasteiger partial charge in [-0.2, -0.15) is 0 Å². The average molecular weight is 352 g/mol. The first-order chi connectivity index (χ1) is 12.5. The van der Waals surface area contributed by atoms with Gasteiger partial charge in [0, 0.05) is 10.8 Å². The molecule has 26 heavy (non-hydrogen) atoms. The van der Waals surface area contributed by atoms with Crippen molar-refractivity contribution in [2.24, 2.45) is 0 Å². The van der Waals surface area contributed by atoms with E-state index in [1.165, 1.54) is 0 Å². The number of nitrogens with one attached hydrogen (secondary N) is 1. The summed E-state index contributed by atoms with van der Waals surface area (Å²) in [5, 5.41) is 12.9. The number of benzene rings is 2. The van der Waals surface area contributed by atoms with E-state index < -0.39 is 17.9 Å². The zero-order valence-corrected chi connectivity index (χ0v) is 14.4. The number of rotatable bonds is 6. The number of carbonyl (C=O) groups excluding carboxylic acids is 1. The van der Waals surface area contributed by atoms with E-state index in [0.29, 0.717) is 34.6 Å². The minimum atomic E-state index is -1.05. The van der Waals surface area contributed by atoms with Crippen molar-refractivity contribution in [1.82, 2.24) is 9.88 Å². The third-order valence-electron chi connectivity index (χ3n) is 4.39. The number of carboxylic acid groups (broad SMARTS) is 1. The maximum Gasteiger partial charge on any atom is 0.326 e. The van der Waals surface area contributed by atoms with Gasteiger partial charge in [0.1, 0.15) is 12.6 Å². The van der Waals surface area contributed by atoms with Crippen LogP contribution < -0.4 is 10.7 Å². The molecule has 0 bridgehead atoms. The van der Waals surface area contributed by atoms with Gasteiger partial charge in [0.2, 0.25) is 5.91 Å². The number of nitrogens with zero attached hydrogens (tertiary/aromatic N) is 1. The van der Waals surface area contributed by atoms with Crippen LogP contribution >= 0.6 is 0 Å². The van der Waals surface area contributed by atoms with E-state index in [1.54, 1.807) is 41.0 Å². The Morgan fingerprint density at radius 3 is 2.08 bits per heavy atom. The SMILES string of the molecule is CCC[C@H](NC(=O)Cn1c2ccccc2c(=O)c2ccccc21)C(=O)O. The van der Waals surface area contributed by atoms with Crippen molar-refractivity contribution in [1.29, 1.82) is 0 Å². The number of pyridine rings is 1. The molecule has 2 N–H and O–H groups in total. The smallest absolute Gasteiger partial charge is 0.326 e. The topological polar surface area (TPSA) is 88.4 Å². The molecule has 0 unspecified atom stereocenters. The lowest BCUT2D eigenvalue weighted by Gasteiger charge is -2.17. The Balaban J connectivity index is 2.06. The van der Waals surface area contributed by atoms with E-state index in [4.69, 9.17) is 0 Å². The van der Waals surface area contributed by atoms with Crippen molar-refractivity contribution < 1.29 is 14.7 Å². The molecule has 1 heterocycles. The van der Waals surface area contributed by atoms with Gasteiger partial charge in [0.25, 0.3) is 0 Å². The second kappa shape index (κ2) is 7.39. The molecule has 1 atom stereocenters. The summed E-state index contributed by atoms with van der Waals surface area (Å²) in [5.41, 5.74) is 1.21. The molecule has 134 valence electrons. The fourth-order valence-corrected chi connectivity index (χ4v) is 3.18. The Morgan fingerprint density at radius 2 is 1.58 bits per heavy atom. The third kappa shape index (κ3) is 3.31. The summed E-state index contributed by atoms with van der Waals surface area (Å²) < 4.78 is 1.76. The summed E-state index contributed by atoms with van der Waals surface area (Å²) in [6, 6.07) is 13.3. The number of carbonyl (C=O) groups is 2. The second-order valence-corrected chi connectivity index (χ2v) is 6.20. The molecule has 3 rings (SSSR count). The first-order valence-electron chi connectivity index (χ1n) is 8.55. The van der Waals surface area contributed by atoms with Crippen LogP contribution in [-0.4, -0.2) is 27.6 Å². The van der Waals surface area contributed by atoms with Gasteiger partial charge in [-0.1, -0.05) is 37.6 Å². The van der Waals surface area contributed by atoms with Crippen LogP contribution in [0.1, 0.15) is 19.8 Å². The first kappa shape index (κ1) is 17.7. The molecule has 3 aromatic rings. The van der Waals surface area contributed by atoms with Crippen LogP contribution in [0.4, 0.5) is 0 Å². The molecule has 1 amide bonds. The Kier molecular flexibility index (Phi) is 5.02. The second-order valence-electron chi connectivity index (χ2n) is 6.20. The van der Waals surface area contributed by atoms with Crippen LogP contribution in [0.5, 0.6) is 0 Å². The van der Waals surface area contributed by atoms with Gasteiger partial charge >= 0.3 is 5.97 Å². The summed E-state index contributed by atoms with van der Waals surface area (Å²) in [6.45, 7) is 1.81. The minimum absolute atomic E-state index is 0.0607. The van der Waals surface area contributed by atoms with Gasteiger partial charge in [0.15, 0.2) is 5.43 Å². The van der Waals surface area contributed by atoms with Crippen molar-refractivity contribution in [3.05, 3.63) is 58.8 Å². The molecule has 0 aliphatic rings. The van der Waals surface area contributed by atoms with Crippen molar-refractivity contribution in [3.63, 3.8) is 0 Å². The van der Waals surface area contributed by atoms with E-state index >= 15 is 0 Å². The lowest BCUT2D eigenvalue weighted by atomic mass is 10.1. The number of fused-ring (bicyclic) bond motifs is 2. The molecule has 0 saturated heterocycles. The molecule has 6 nitrogen and oxygen atoms in total. The molecule has 6 heteroatoms. The maximum absolute atomic E-state index is 12.7. The summed E-state index contributed by atoms with van der Waals surface area (Å²) in [4.78, 5) is 36.5. The number of hydrogen-bond acceptors (Lipinski definition) is 3. The maximum atomic E-state index is 12.7. The number of amides is 1. The molecule has 0 radical (unpaired) electrons. The fourth-order valence-electron chi connectivity index (χ4n) is 3.18. The molecule has 1 aromatic heterocycles. The quantitative estimate of drug-likeness (QED) is 0.667. The Morgan fingerprint density at radius 1 is 1.04 bits per heavy atom. The van der Waals surface area contributed by atoms with E-state index in [0.717, 1.165) is 0 Å². The van der Waals surface area contributed by atoms with Gasteiger partial charge in [0.05, 0.1) is 11.0 Å². The molecule has 0 saturated carbocycles. The zero-order chi connectivity index (χ0) is 18.7. The standard InChI is InChI=1S/C20H20N2O4/c1-2-7-15(20(25)26)21-18(23)12-22-16-10-5-3-8-13(16)19(24)14-9-4-6-11-17(14)22/h3-6,8-11,15H,2,7,12H2,1H3,(H,21,23)(H,25,26)/t15-/m0/s1. The molecule has 0 spiro atoms. The molecular weight excluding hydrogens is 332 g/mol. The molecule has 0 aliphatic carbocycles. The van der Waals surface area contributed by atoms with Gasteiger partial charge < -0.3 is 15.0 Å². The predicted octanol–water partition coefficient (Wildman–Crippen LogP) is 2.52. The molecular formula is C20H20N2O4. The zero-order valence-electron chi connectivity index (χ0n) is 14.4. The van der Waals surface area contributed by atoms with Gasteiger partial charge in [-0.25, -0.2) is 4.79 Å². The van der Waals surface area contributed by atoms with Crippen LogP contribution in [-0.2, 0) is 16.1 Å². The Bertz CT molecular complexity index is 979. The summed E-state index contributed by atoms with van der Waals surface area (Å²) in [5.74, 6) is -1.44. The summed E-state index contributed by atoms with van der Waals surface area (Å²) in [7, 11) is 0. The minimum Gasteiger partial charge on any atom is -0.480 e. The highest BCUT2D eigenvalue weighted by atomic mass is 16.4. The van der Waals surface area contributed by atoms with Crippen molar-refractivity contribution in [3.8, 4) is 0 Å². The first-order valence-corrected chi connectivity index (χ1v) is 8.55. The third-order valence-corrected chi connectivity index (χ3v) is 4.39. The number of hydrogen-bond donors (Lipinski definition) is 2. The van der Waals surface area contributed by atoms with Crippen LogP contribution in [0.15, 0.2) is 53.3 Å². The van der Waals surface area contributed by atoms with Crippen LogP contribution in [0, 0.1) is 0 Å². The van der Waals surface area contributed by atoms with Crippen LogP contribution in [0.2, 0.25) is 0 Å². The van der Waals surface area contributed by atoms with Crippen molar-refractivity contribution >= 4 is 33.7 Å². The normalized spacial score (nSPS) is 12.2. The van der Waals surface area contributed by atoms with Crippen molar-refractivity contribution in [2.45, 2.75) is 32.4 Å².